The van der Waals surface area contributed by atoms with Crippen LogP contribution < -0.4 is 4.74 Å². The molecule has 4 aliphatic carbocycles. The third-order valence-corrected chi connectivity index (χ3v) is 8.43. The van der Waals surface area contributed by atoms with Crippen molar-refractivity contribution in [1.29, 1.82) is 5.26 Å². The van der Waals surface area contributed by atoms with Crippen molar-refractivity contribution in [3.8, 4) is 11.8 Å². The molecule has 0 heterocycles. The fourth-order valence-electron chi connectivity index (χ4n) is 7.42. The molecule has 5 heteroatoms. The molecule has 6 atom stereocenters. The van der Waals surface area contributed by atoms with E-state index in [0.29, 0.717) is 12.2 Å². The second-order valence-corrected chi connectivity index (χ2v) is 9.33. The Labute approximate surface area is 172 Å². The van der Waals surface area contributed by atoms with Crippen LogP contribution in [0.2, 0.25) is 0 Å². The fourth-order valence-corrected chi connectivity index (χ4v) is 7.42. The highest BCUT2D eigenvalue weighted by Gasteiger charge is 2.72. The van der Waals surface area contributed by atoms with Crippen LogP contribution in [0, 0.1) is 40.4 Å². The van der Waals surface area contributed by atoms with Crippen LogP contribution in [0.5, 0.6) is 5.75 Å². The van der Waals surface area contributed by atoms with Crippen molar-refractivity contribution in [2.24, 2.45) is 29.1 Å². The number of hydrogen-bond donors (Lipinski definition) is 0. The molecule has 0 spiro atoms. The van der Waals surface area contributed by atoms with Crippen LogP contribution in [0.4, 0.5) is 0 Å². The van der Waals surface area contributed by atoms with Gasteiger partial charge in [0, 0.05) is 25.4 Å². The number of carbonyl (C=O) groups is 1. The van der Waals surface area contributed by atoms with Crippen molar-refractivity contribution in [3.63, 3.8) is 0 Å². The number of ether oxygens (including phenoxy) is 3. The molecule has 29 heavy (non-hydrogen) atoms. The summed E-state index contributed by atoms with van der Waals surface area (Å²) in [7, 11) is 3.31. The van der Waals surface area contributed by atoms with Gasteiger partial charge in [0.1, 0.15) is 23.9 Å². The van der Waals surface area contributed by atoms with Gasteiger partial charge < -0.3 is 14.2 Å². The molecule has 0 saturated heterocycles. The van der Waals surface area contributed by atoms with Crippen LogP contribution >= 0.6 is 0 Å². The normalized spacial score (nSPS) is 39.8. The Hall–Kier alpha value is -1.90. The Bertz CT molecular complexity index is 876. The van der Waals surface area contributed by atoms with Gasteiger partial charge in [-0.25, -0.2) is 0 Å². The van der Waals surface area contributed by atoms with Crippen molar-refractivity contribution < 1.29 is 19.0 Å². The van der Waals surface area contributed by atoms with Gasteiger partial charge in [-0.05, 0) is 60.8 Å². The summed E-state index contributed by atoms with van der Waals surface area (Å²) in [6, 6.07) is 8.98. The molecular formula is C24H29NO4. The molecule has 0 aliphatic heterocycles. The van der Waals surface area contributed by atoms with E-state index in [2.05, 4.69) is 18.2 Å². The first-order valence-corrected chi connectivity index (χ1v) is 10.8. The van der Waals surface area contributed by atoms with Gasteiger partial charge in [-0.15, -0.1) is 0 Å². The third-order valence-electron chi connectivity index (χ3n) is 8.43. The number of benzene rings is 1. The van der Waals surface area contributed by atoms with Gasteiger partial charge in [-0.2, -0.15) is 5.26 Å². The molecular weight excluding hydrogens is 366 g/mol. The molecule has 1 aromatic rings. The van der Waals surface area contributed by atoms with E-state index in [9.17, 15) is 10.1 Å². The van der Waals surface area contributed by atoms with Crippen LogP contribution in [0.25, 0.3) is 0 Å². The highest BCUT2D eigenvalue weighted by molar-refractivity contribution is 5.83. The van der Waals surface area contributed by atoms with Gasteiger partial charge in [-0.1, -0.05) is 18.9 Å². The first-order chi connectivity index (χ1) is 14.1. The number of nitriles is 1. The second kappa shape index (κ2) is 6.82. The molecule has 1 aromatic carbocycles. The largest absolute Gasteiger partial charge is 0.497 e. The Morgan fingerprint density at radius 2 is 2.03 bits per heavy atom. The zero-order valence-corrected chi connectivity index (χ0v) is 17.3. The van der Waals surface area contributed by atoms with Crippen molar-refractivity contribution >= 4 is 5.78 Å². The molecule has 3 fully saturated rings. The smallest absolute Gasteiger partial charge is 0.147 e. The monoisotopic (exact) mass is 395 g/mol. The SMILES string of the molecule is COCO[C@]12C[C@H](Cc3cc(OC)ccc31)[C@]1(C#N)C2CC(=O)[C@@H]2CCCC[C@H]21. The van der Waals surface area contributed by atoms with E-state index in [1.165, 1.54) is 5.56 Å². The lowest BCUT2D eigenvalue weighted by atomic mass is 9.51. The first kappa shape index (κ1) is 19.1. The average molecular weight is 395 g/mol. The topological polar surface area (TPSA) is 68.6 Å². The number of hydrogen-bond acceptors (Lipinski definition) is 5. The predicted molar refractivity (Wildman–Crippen MR) is 106 cm³/mol. The molecule has 5 rings (SSSR count). The minimum absolute atomic E-state index is 0.0520. The van der Waals surface area contributed by atoms with E-state index in [1.807, 2.05) is 6.07 Å². The number of carbonyl (C=O) groups excluding carboxylic acids is 1. The zero-order chi connectivity index (χ0) is 20.2. The van der Waals surface area contributed by atoms with Gasteiger partial charge in [0.2, 0.25) is 0 Å². The van der Waals surface area contributed by atoms with E-state index in [0.717, 1.165) is 49.8 Å². The average Bonchev–Trinajstić information content (AvgIpc) is 2.98. The summed E-state index contributed by atoms with van der Waals surface area (Å²) in [6.07, 6.45) is 6.24. The van der Waals surface area contributed by atoms with Gasteiger partial charge >= 0.3 is 0 Å². The number of methoxy groups -OCH3 is 2. The minimum atomic E-state index is -0.631. The predicted octanol–water partition coefficient (Wildman–Crippen LogP) is 3.99. The van der Waals surface area contributed by atoms with Crippen molar-refractivity contribution in [2.45, 2.75) is 50.5 Å². The summed E-state index contributed by atoms with van der Waals surface area (Å²) >= 11 is 0. The maximum absolute atomic E-state index is 13.2. The Morgan fingerprint density at radius 3 is 2.79 bits per heavy atom. The lowest BCUT2D eigenvalue weighted by molar-refractivity contribution is -0.177. The standard InChI is InChI=1S/C24H29NO4/c1-27-14-29-24-12-16(9-15-10-17(28-2)7-8-19(15)24)23(13-25)20-6-4-3-5-18(20)21(26)11-22(23)24/h7-8,10,16,18,20,22H,3-6,9,11-12,14H2,1-2H3/t16-,18+,20+,22?,23-,24+/m0/s1. The Balaban J connectivity index is 1.70. The highest BCUT2D eigenvalue weighted by Crippen LogP contribution is 2.71. The molecule has 2 bridgehead atoms. The number of nitrogens with zero attached hydrogens (tertiary/aromatic N) is 1. The van der Waals surface area contributed by atoms with Gasteiger partial charge in [0.15, 0.2) is 0 Å². The van der Waals surface area contributed by atoms with Crippen molar-refractivity contribution in [3.05, 3.63) is 29.3 Å². The maximum Gasteiger partial charge on any atom is 0.147 e. The van der Waals surface area contributed by atoms with E-state index in [1.54, 1.807) is 14.2 Å². The van der Waals surface area contributed by atoms with E-state index < -0.39 is 11.0 Å². The quantitative estimate of drug-likeness (QED) is 0.721. The highest BCUT2D eigenvalue weighted by atomic mass is 16.7. The lowest BCUT2D eigenvalue weighted by Crippen LogP contribution is -2.53. The van der Waals surface area contributed by atoms with Crippen molar-refractivity contribution in [1.82, 2.24) is 0 Å². The molecule has 1 unspecified atom stereocenters. The van der Waals surface area contributed by atoms with Crippen LogP contribution in [0.3, 0.4) is 0 Å². The van der Waals surface area contributed by atoms with Crippen LogP contribution in [-0.4, -0.2) is 26.8 Å². The van der Waals surface area contributed by atoms with E-state index in [-0.39, 0.29) is 30.5 Å². The molecule has 0 aromatic heterocycles. The lowest BCUT2D eigenvalue weighted by Gasteiger charge is -2.51. The summed E-state index contributed by atoms with van der Waals surface area (Å²) < 4.78 is 17.3. The van der Waals surface area contributed by atoms with Gasteiger partial charge in [0.25, 0.3) is 0 Å². The van der Waals surface area contributed by atoms with Crippen molar-refractivity contribution in [2.75, 3.05) is 21.0 Å². The van der Waals surface area contributed by atoms with Crippen LogP contribution in [-0.2, 0) is 26.3 Å². The fraction of sp³-hybridized carbons (Fsp3) is 0.667. The Kier molecular flexibility index (Phi) is 4.49. The number of fused-ring (bicyclic) bond motifs is 9. The third kappa shape index (κ3) is 2.42. The minimum Gasteiger partial charge on any atom is -0.497 e. The van der Waals surface area contributed by atoms with Crippen LogP contribution in [0.1, 0.15) is 49.7 Å². The van der Waals surface area contributed by atoms with Gasteiger partial charge in [-0.3, -0.25) is 4.79 Å². The summed E-state index contributed by atoms with van der Waals surface area (Å²) in [4.78, 5) is 13.2. The number of Topliss-reactive ketones (excluding diaryl/α,β-unsaturated/α-hetero) is 1. The van der Waals surface area contributed by atoms with E-state index in [4.69, 9.17) is 14.2 Å². The first-order valence-electron chi connectivity index (χ1n) is 10.8. The van der Waals surface area contributed by atoms with Gasteiger partial charge in [0.05, 0.1) is 18.6 Å². The maximum atomic E-state index is 13.2. The molecule has 4 aliphatic rings. The molecule has 0 amide bonds. The summed E-state index contributed by atoms with van der Waals surface area (Å²) in [5.41, 5.74) is 1.18. The molecule has 0 N–H and O–H groups in total. The second-order valence-electron chi connectivity index (χ2n) is 9.33. The van der Waals surface area contributed by atoms with E-state index >= 15 is 0 Å². The number of rotatable bonds is 4. The van der Waals surface area contributed by atoms with Crippen LogP contribution in [0.15, 0.2) is 18.2 Å². The number of ketones is 1. The molecule has 3 saturated carbocycles. The molecule has 5 nitrogen and oxygen atoms in total. The Morgan fingerprint density at radius 1 is 1.21 bits per heavy atom. The molecule has 154 valence electrons. The summed E-state index contributed by atoms with van der Waals surface area (Å²) in [6.45, 7) is 0.165. The molecule has 0 radical (unpaired) electrons. The summed E-state index contributed by atoms with van der Waals surface area (Å²) in [5.74, 6) is 1.47. The zero-order valence-electron chi connectivity index (χ0n) is 17.3. The summed E-state index contributed by atoms with van der Waals surface area (Å²) in [5, 5.41) is 10.7.